The number of nitrogens with zero attached hydrogens (tertiary/aromatic N) is 2. The van der Waals surface area contributed by atoms with Gasteiger partial charge in [0.1, 0.15) is 5.75 Å². The summed E-state index contributed by atoms with van der Waals surface area (Å²) in [7, 11) is 5.27. The maximum Gasteiger partial charge on any atom is 0.191 e. The molecule has 0 amide bonds. The Morgan fingerprint density at radius 2 is 2.04 bits per heavy atom. The van der Waals surface area contributed by atoms with Crippen molar-refractivity contribution in [1.29, 1.82) is 0 Å². The predicted molar refractivity (Wildman–Crippen MR) is 101 cm³/mol. The number of nitrogens with one attached hydrogen (secondary N) is 2. The van der Waals surface area contributed by atoms with Gasteiger partial charge in [0.25, 0.3) is 0 Å². The van der Waals surface area contributed by atoms with E-state index in [9.17, 15) is 0 Å². The molecule has 0 saturated heterocycles. The third-order valence-electron chi connectivity index (χ3n) is 5.28. The average Bonchev–Trinajstić information content (AvgIpc) is 2.58. The molecule has 140 valence electrons. The SMILES string of the molecule is CN=C(NCc1ncc(C)c(OC)c1C)NCC1(CCOC)CCC1. The molecular formula is C19H32N4O2. The van der Waals surface area contributed by atoms with Crippen LogP contribution in [0.5, 0.6) is 5.75 Å². The van der Waals surface area contributed by atoms with Crippen molar-refractivity contribution in [3.63, 3.8) is 0 Å². The summed E-state index contributed by atoms with van der Waals surface area (Å²) in [6.45, 7) is 6.42. The van der Waals surface area contributed by atoms with Gasteiger partial charge < -0.3 is 20.1 Å². The molecule has 2 N–H and O–H groups in total. The van der Waals surface area contributed by atoms with E-state index in [1.807, 2.05) is 20.0 Å². The molecule has 1 aliphatic carbocycles. The van der Waals surface area contributed by atoms with Gasteiger partial charge in [0.05, 0.1) is 19.3 Å². The van der Waals surface area contributed by atoms with Crippen LogP contribution in [0.4, 0.5) is 0 Å². The third-order valence-corrected chi connectivity index (χ3v) is 5.28. The van der Waals surface area contributed by atoms with Crippen molar-refractivity contribution in [1.82, 2.24) is 15.6 Å². The number of aromatic nitrogens is 1. The van der Waals surface area contributed by atoms with Crippen molar-refractivity contribution in [2.24, 2.45) is 10.4 Å². The zero-order valence-corrected chi connectivity index (χ0v) is 16.2. The summed E-state index contributed by atoms with van der Waals surface area (Å²) >= 11 is 0. The summed E-state index contributed by atoms with van der Waals surface area (Å²) in [5.74, 6) is 1.71. The van der Waals surface area contributed by atoms with Gasteiger partial charge in [-0.2, -0.15) is 0 Å². The topological polar surface area (TPSA) is 67.8 Å². The number of hydrogen-bond acceptors (Lipinski definition) is 4. The maximum atomic E-state index is 5.48. The molecule has 0 atom stereocenters. The summed E-state index contributed by atoms with van der Waals surface area (Å²) in [5.41, 5.74) is 3.45. The van der Waals surface area contributed by atoms with Crippen LogP contribution in [-0.4, -0.2) is 45.4 Å². The number of aryl methyl sites for hydroxylation is 1. The lowest BCUT2D eigenvalue weighted by Gasteiger charge is -2.42. The van der Waals surface area contributed by atoms with Gasteiger partial charge in [-0.3, -0.25) is 9.98 Å². The first-order valence-electron chi connectivity index (χ1n) is 8.98. The number of ether oxygens (including phenoxy) is 2. The first-order chi connectivity index (χ1) is 12.0. The molecule has 1 aromatic heterocycles. The number of aliphatic imine (C=N–C) groups is 1. The highest BCUT2D eigenvalue weighted by Crippen LogP contribution is 2.43. The molecule has 0 aliphatic heterocycles. The van der Waals surface area contributed by atoms with Crippen LogP contribution >= 0.6 is 0 Å². The second-order valence-electron chi connectivity index (χ2n) is 6.92. The average molecular weight is 348 g/mol. The molecule has 0 unspecified atom stereocenters. The monoisotopic (exact) mass is 348 g/mol. The van der Waals surface area contributed by atoms with Gasteiger partial charge in [-0.05, 0) is 38.5 Å². The molecule has 0 spiro atoms. The molecule has 2 rings (SSSR count). The van der Waals surface area contributed by atoms with Gasteiger partial charge in [-0.25, -0.2) is 0 Å². The Hall–Kier alpha value is -1.82. The summed E-state index contributed by atoms with van der Waals surface area (Å²) in [6.07, 6.45) is 6.78. The van der Waals surface area contributed by atoms with E-state index in [1.165, 1.54) is 19.3 Å². The van der Waals surface area contributed by atoms with E-state index in [-0.39, 0.29) is 0 Å². The van der Waals surface area contributed by atoms with E-state index >= 15 is 0 Å². The first kappa shape index (κ1) is 19.5. The summed E-state index contributed by atoms with van der Waals surface area (Å²) in [4.78, 5) is 8.87. The molecule has 1 aromatic rings. The highest BCUT2D eigenvalue weighted by Gasteiger charge is 2.36. The van der Waals surface area contributed by atoms with Crippen LogP contribution in [0.25, 0.3) is 0 Å². The lowest BCUT2D eigenvalue weighted by atomic mass is 9.67. The Balaban J connectivity index is 1.91. The Kier molecular flexibility index (Phi) is 7.05. The molecular weight excluding hydrogens is 316 g/mol. The molecule has 6 nitrogen and oxygen atoms in total. The zero-order chi connectivity index (χ0) is 18.3. The van der Waals surface area contributed by atoms with Crippen molar-refractivity contribution >= 4 is 5.96 Å². The van der Waals surface area contributed by atoms with Crippen molar-refractivity contribution in [3.05, 3.63) is 23.0 Å². The quantitative estimate of drug-likeness (QED) is 0.558. The summed E-state index contributed by atoms with van der Waals surface area (Å²) in [5, 5.41) is 6.84. The molecule has 1 fully saturated rings. The van der Waals surface area contributed by atoms with Gasteiger partial charge >= 0.3 is 0 Å². The van der Waals surface area contributed by atoms with Gasteiger partial charge in [0.15, 0.2) is 5.96 Å². The first-order valence-corrected chi connectivity index (χ1v) is 8.98. The normalized spacial score (nSPS) is 16.3. The molecule has 1 saturated carbocycles. The Labute approximate surface area is 151 Å². The largest absolute Gasteiger partial charge is 0.496 e. The van der Waals surface area contributed by atoms with Crippen LogP contribution in [0, 0.1) is 19.3 Å². The Morgan fingerprint density at radius 1 is 1.28 bits per heavy atom. The Morgan fingerprint density at radius 3 is 2.60 bits per heavy atom. The molecule has 0 radical (unpaired) electrons. The fourth-order valence-electron chi connectivity index (χ4n) is 3.42. The summed E-state index contributed by atoms with van der Waals surface area (Å²) < 4.78 is 10.7. The highest BCUT2D eigenvalue weighted by atomic mass is 16.5. The standard InChI is InChI=1S/C19H32N4O2/c1-14-11-21-16(15(2)17(14)25-5)12-22-18(20-3)23-13-19(7-6-8-19)9-10-24-4/h11H,6-10,12-13H2,1-5H3,(H2,20,22,23). The summed E-state index contributed by atoms with van der Waals surface area (Å²) in [6, 6.07) is 0. The van der Waals surface area contributed by atoms with E-state index in [1.54, 1.807) is 21.3 Å². The second-order valence-corrected chi connectivity index (χ2v) is 6.92. The predicted octanol–water partition coefficient (Wildman–Crippen LogP) is 2.58. The maximum absolute atomic E-state index is 5.48. The van der Waals surface area contributed by atoms with Crippen molar-refractivity contribution in [2.45, 2.75) is 46.1 Å². The number of rotatable bonds is 8. The molecule has 25 heavy (non-hydrogen) atoms. The zero-order valence-electron chi connectivity index (χ0n) is 16.2. The number of guanidine groups is 1. The van der Waals surface area contributed by atoms with Gasteiger partial charge in [0, 0.05) is 44.6 Å². The Bertz CT molecular complexity index is 597. The van der Waals surface area contributed by atoms with Crippen molar-refractivity contribution in [2.75, 3.05) is 34.4 Å². The van der Waals surface area contributed by atoms with E-state index in [2.05, 4.69) is 20.6 Å². The van der Waals surface area contributed by atoms with Crippen LogP contribution < -0.4 is 15.4 Å². The minimum Gasteiger partial charge on any atom is -0.496 e. The minimum absolute atomic E-state index is 0.356. The van der Waals surface area contributed by atoms with Crippen LogP contribution in [0.2, 0.25) is 0 Å². The van der Waals surface area contributed by atoms with E-state index in [0.717, 1.165) is 48.1 Å². The van der Waals surface area contributed by atoms with E-state index in [4.69, 9.17) is 9.47 Å². The number of hydrogen-bond donors (Lipinski definition) is 2. The molecule has 1 aliphatic rings. The lowest BCUT2D eigenvalue weighted by molar-refractivity contribution is 0.0732. The van der Waals surface area contributed by atoms with Gasteiger partial charge in [-0.1, -0.05) is 6.42 Å². The highest BCUT2D eigenvalue weighted by molar-refractivity contribution is 5.79. The fraction of sp³-hybridized carbons (Fsp3) is 0.684. The van der Waals surface area contributed by atoms with E-state index in [0.29, 0.717) is 12.0 Å². The van der Waals surface area contributed by atoms with Crippen LogP contribution in [0.3, 0.4) is 0 Å². The number of pyridine rings is 1. The van der Waals surface area contributed by atoms with E-state index < -0.39 is 0 Å². The molecule has 0 aromatic carbocycles. The van der Waals surface area contributed by atoms with Gasteiger partial charge in [0.2, 0.25) is 0 Å². The smallest absolute Gasteiger partial charge is 0.191 e. The fourth-order valence-corrected chi connectivity index (χ4v) is 3.42. The van der Waals surface area contributed by atoms with Gasteiger partial charge in [-0.15, -0.1) is 0 Å². The van der Waals surface area contributed by atoms with Crippen molar-refractivity contribution < 1.29 is 9.47 Å². The minimum atomic E-state index is 0.356. The number of methoxy groups -OCH3 is 2. The third kappa shape index (κ3) is 4.84. The molecule has 1 heterocycles. The molecule has 0 bridgehead atoms. The van der Waals surface area contributed by atoms with Crippen LogP contribution in [0.1, 0.15) is 42.5 Å². The second kappa shape index (κ2) is 9.04. The van der Waals surface area contributed by atoms with Crippen LogP contribution in [-0.2, 0) is 11.3 Å². The lowest BCUT2D eigenvalue weighted by Crippen LogP contribution is -2.46. The van der Waals surface area contributed by atoms with Crippen LogP contribution in [0.15, 0.2) is 11.2 Å². The van der Waals surface area contributed by atoms with Crippen molar-refractivity contribution in [3.8, 4) is 5.75 Å². The molecule has 6 heteroatoms.